The van der Waals surface area contributed by atoms with Gasteiger partial charge in [-0.1, -0.05) is 0 Å². The number of carbonyl (C=O) groups excluding carboxylic acids is 2. The molecule has 1 fully saturated rings. The van der Waals surface area contributed by atoms with E-state index in [0.29, 0.717) is 26.2 Å². The second-order valence-corrected chi connectivity index (χ2v) is 6.10. The van der Waals surface area contributed by atoms with Crippen molar-refractivity contribution < 1.29 is 27.5 Å². The maximum absolute atomic E-state index is 12.9. The van der Waals surface area contributed by atoms with Crippen LogP contribution in [-0.2, 0) is 15.8 Å². The number of nitrogens with one attached hydrogen (secondary N) is 1. The second kappa shape index (κ2) is 8.39. The Morgan fingerprint density at radius 2 is 1.92 bits per heavy atom. The maximum atomic E-state index is 12.9. The van der Waals surface area contributed by atoms with Gasteiger partial charge in [-0.3, -0.25) is 14.5 Å². The van der Waals surface area contributed by atoms with E-state index in [0.717, 1.165) is 18.6 Å². The fraction of sp³-hybridized carbons (Fsp3) is 0.529. The molecule has 1 N–H and O–H groups in total. The Bertz CT molecular complexity index is 664. The number of carbonyl (C=O) groups is 2. The van der Waals surface area contributed by atoms with Gasteiger partial charge in [0.25, 0.3) is 0 Å². The van der Waals surface area contributed by atoms with Crippen LogP contribution < -0.4 is 10.1 Å². The highest BCUT2D eigenvalue weighted by Gasteiger charge is 2.31. The first-order valence-corrected chi connectivity index (χ1v) is 8.23. The van der Waals surface area contributed by atoms with Crippen molar-refractivity contribution in [3.8, 4) is 5.75 Å². The van der Waals surface area contributed by atoms with Crippen LogP contribution in [0.15, 0.2) is 18.2 Å². The average Bonchev–Trinajstić information content (AvgIpc) is 2.79. The quantitative estimate of drug-likeness (QED) is 0.879. The maximum Gasteiger partial charge on any atom is 0.416 e. The van der Waals surface area contributed by atoms with Gasteiger partial charge in [0.2, 0.25) is 11.8 Å². The van der Waals surface area contributed by atoms with Crippen molar-refractivity contribution in [3.05, 3.63) is 23.8 Å². The summed E-state index contributed by atoms with van der Waals surface area (Å²) in [5.74, 6) is -0.283. The zero-order chi connectivity index (χ0) is 19.3. The number of methoxy groups -OCH3 is 1. The van der Waals surface area contributed by atoms with Gasteiger partial charge < -0.3 is 15.0 Å². The summed E-state index contributed by atoms with van der Waals surface area (Å²) in [6.07, 6.45) is -3.77. The molecule has 0 saturated carbocycles. The molecule has 1 aromatic rings. The fourth-order valence-electron chi connectivity index (χ4n) is 2.82. The molecular weight excluding hydrogens is 351 g/mol. The van der Waals surface area contributed by atoms with Crippen LogP contribution in [0.4, 0.5) is 18.9 Å². The second-order valence-electron chi connectivity index (χ2n) is 6.10. The fourth-order valence-corrected chi connectivity index (χ4v) is 2.82. The molecule has 1 aliphatic heterocycles. The van der Waals surface area contributed by atoms with Gasteiger partial charge in [-0.25, -0.2) is 0 Å². The van der Waals surface area contributed by atoms with E-state index in [1.54, 1.807) is 4.90 Å². The number of nitrogens with zero attached hydrogens (tertiary/aromatic N) is 2. The molecule has 0 bridgehead atoms. The number of rotatable bonds is 4. The summed E-state index contributed by atoms with van der Waals surface area (Å²) in [5, 5.41) is 2.49. The molecule has 26 heavy (non-hydrogen) atoms. The number of hydrogen-bond acceptors (Lipinski definition) is 4. The van der Waals surface area contributed by atoms with E-state index in [4.69, 9.17) is 4.74 Å². The molecule has 1 aliphatic rings. The third-order valence-corrected chi connectivity index (χ3v) is 4.20. The monoisotopic (exact) mass is 373 g/mol. The summed E-state index contributed by atoms with van der Waals surface area (Å²) >= 11 is 0. The standard InChI is InChI=1S/C17H22F3N3O3/c1-12(24)23-7-3-6-22(8-9-23)11-16(25)21-14-10-13(17(18,19)20)4-5-15(14)26-2/h4-5,10H,3,6-9,11H2,1-2H3,(H,21,25). The van der Waals surface area contributed by atoms with Crippen molar-refractivity contribution in [2.24, 2.45) is 0 Å². The minimum atomic E-state index is -4.51. The first-order chi connectivity index (χ1) is 12.2. The van der Waals surface area contributed by atoms with Gasteiger partial charge in [0.15, 0.2) is 0 Å². The Labute approximate surface area is 149 Å². The topological polar surface area (TPSA) is 61.9 Å². The van der Waals surface area contributed by atoms with Gasteiger partial charge in [-0.05, 0) is 24.6 Å². The Morgan fingerprint density at radius 3 is 2.54 bits per heavy atom. The summed E-state index contributed by atoms with van der Waals surface area (Å²) in [6, 6.07) is 2.94. The van der Waals surface area contributed by atoms with Gasteiger partial charge in [0.05, 0.1) is 24.9 Å². The largest absolute Gasteiger partial charge is 0.495 e. The number of alkyl halides is 3. The molecule has 0 aliphatic carbocycles. The molecule has 1 heterocycles. The Balaban J connectivity index is 2.02. The minimum Gasteiger partial charge on any atom is -0.495 e. The Morgan fingerprint density at radius 1 is 1.19 bits per heavy atom. The number of anilines is 1. The smallest absolute Gasteiger partial charge is 0.416 e. The van der Waals surface area contributed by atoms with Gasteiger partial charge in [0.1, 0.15) is 5.75 Å². The molecule has 0 aromatic heterocycles. The number of benzene rings is 1. The lowest BCUT2D eigenvalue weighted by atomic mass is 10.1. The van der Waals surface area contributed by atoms with Crippen LogP contribution in [0.2, 0.25) is 0 Å². The van der Waals surface area contributed by atoms with Crippen molar-refractivity contribution in [3.63, 3.8) is 0 Å². The molecule has 144 valence electrons. The van der Waals surface area contributed by atoms with Crippen LogP contribution >= 0.6 is 0 Å². The highest BCUT2D eigenvalue weighted by Crippen LogP contribution is 2.34. The Hall–Kier alpha value is -2.29. The van der Waals surface area contributed by atoms with E-state index in [1.165, 1.54) is 20.1 Å². The van der Waals surface area contributed by atoms with Gasteiger partial charge in [-0.2, -0.15) is 13.2 Å². The van der Waals surface area contributed by atoms with Crippen molar-refractivity contribution in [1.29, 1.82) is 0 Å². The molecule has 6 nitrogen and oxygen atoms in total. The number of ether oxygens (including phenoxy) is 1. The first kappa shape index (κ1) is 20.0. The van der Waals surface area contributed by atoms with Crippen molar-refractivity contribution in [2.45, 2.75) is 19.5 Å². The molecule has 2 rings (SSSR count). The molecule has 2 amide bonds. The third-order valence-electron chi connectivity index (χ3n) is 4.20. The van der Waals surface area contributed by atoms with E-state index in [-0.39, 0.29) is 23.9 Å². The average molecular weight is 373 g/mol. The highest BCUT2D eigenvalue weighted by atomic mass is 19.4. The molecule has 1 aromatic carbocycles. The summed E-state index contributed by atoms with van der Waals surface area (Å²) in [6.45, 7) is 3.86. The lowest BCUT2D eigenvalue weighted by Crippen LogP contribution is -2.37. The van der Waals surface area contributed by atoms with Gasteiger partial charge >= 0.3 is 6.18 Å². The van der Waals surface area contributed by atoms with Crippen molar-refractivity contribution >= 4 is 17.5 Å². The van der Waals surface area contributed by atoms with Gasteiger partial charge in [-0.15, -0.1) is 0 Å². The van der Waals surface area contributed by atoms with Crippen LogP contribution in [0.1, 0.15) is 18.9 Å². The summed E-state index contributed by atoms with van der Waals surface area (Å²) in [7, 11) is 1.32. The molecule has 0 atom stereocenters. The van der Waals surface area contributed by atoms with E-state index in [1.807, 2.05) is 4.90 Å². The molecule has 9 heteroatoms. The van der Waals surface area contributed by atoms with Crippen LogP contribution in [0.3, 0.4) is 0 Å². The van der Waals surface area contributed by atoms with Crippen LogP contribution in [-0.4, -0.2) is 61.4 Å². The number of amides is 2. The van der Waals surface area contributed by atoms with E-state index >= 15 is 0 Å². The first-order valence-electron chi connectivity index (χ1n) is 8.23. The Kier molecular flexibility index (Phi) is 6.47. The lowest BCUT2D eigenvalue weighted by molar-refractivity contribution is -0.137. The summed E-state index contributed by atoms with van der Waals surface area (Å²) in [5.41, 5.74) is -0.881. The summed E-state index contributed by atoms with van der Waals surface area (Å²) in [4.78, 5) is 27.3. The summed E-state index contributed by atoms with van der Waals surface area (Å²) < 4.78 is 43.6. The van der Waals surface area contributed by atoms with E-state index in [2.05, 4.69) is 5.32 Å². The normalized spacial score (nSPS) is 16.1. The van der Waals surface area contributed by atoms with Crippen LogP contribution in [0.25, 0.3) is 0 Å². The van der Waals surface area contributed by atoms with Gasteiger partial charge in [0, 0.05) is 33.1 Å². The van der Waals surface area contributed by atoms with Crippen molar-refractivity contribution in [1.82, 2.24) is 9.80 Å². The van der Waals surface area contributed by atoms with Crippen LogP contribution in [0, 0.1) is 0 Å². The zero-order valence-electron chi connectivity index (χ0n) is 14.7. The molecule has 0 radical (unpaired) electrons. The molecule has 0 unspecified atom stereocenters. The minimum absolute atomic E-state index is 0.00926. The van der Waals surface area contributed by atoms with E-state index < -0.39 is 17.6 Å². The highest BCUT2D eigenvalue weighted by molar-refractivity contribution is 5.93. The molecule has 0 spiro atoms. The lowest BCUT2D eigenvalue weighted by Gasteiger charge is -2.21. The molecule has 1 saturated heterocycles. The van der Waals surface area contributed by atoms with Crippen LogP contribution in [0.5, 0.6) is 5.75 Å². The number of halogens is 3. The third kappa shape index (κ3) is 5.35. The van der Waals surface area contributed by atoms with Crippen molar-refractivity contribution in [2.75, 3.05) is 45.2 Å². The predicted molar refractivity (Wildman–Crippen MR) is 89.9 cm³/mol. The van der Waals surface area contributed by atoms with E-state index in [9.17, 15) is 22.8 Å². The number of hydrogen-bond donors (Lipinski definition) is 1. The zero-order valence-corrected chi connectivity index (χ0v) is 14.7. The SMILES string of the molecule is COc1ccc(C(F)(F)F)cc1NC(=O)CN1CCCN(C(C)=O)CC1. The predicted octanol–water partition coefficient (Wildman–Crippen LogP) is 2.21. The molecular formula is C17H22F3N3O3.